The molecule has 140 valence electrons. The lowest BCUT2D eigenvalue weighted by Gasteiger charge is -2.25. The molecule has 0 aliphatic carbocycles. The van der Waals surface area contributed by atoms with Crippen molar-refractivity contribution >= 4 is 34.8 Å². The van der Waals surface area contributed by atoms with Gasteiger partial charge in [-0.3, -0.25) is 14.4 Å². The fraction of sp³-hybridized carbons (Fsp3) is 0.250. The quantitative estimate of drug-likeness (QED) is 0.771. The van der Waals surface area contributed by atoms with E-state index in [0.717, 1.165) is 0 Å². The SMILES string of the molecule is CC(C)C(=O)Nc1ccc(NC(=O)[C@H]2CC(=O)Nc3cc(F)ccc32)cc1. The van der Waals surface area contributed by atoms with Gasteiger partial charge in [-0.05, 0) is 42.0 Å². The lowest BCUT2D eigenvalue weighted by Crippen LogP contribution is -2.30. The summed E-state index contributed by atoms with van der Waals surface area (Å²) in [5.74, 6) is -2.09. The summed E-state index contributed by atoms with van der Waals surface area (Å²) in [5, 5.41) is 8.12. The van der Waals surface area contributed by atoms with Gasteiger partial charge in [0.25, 0.3) is 0 Å². The number of benzene rings is 2. The van der Waals surface area contributed by atoms with Gasteiger partial charge >= 0.3 is 0 Å². The van der Waals surface area contributed by atoms with Crippen LogP contribution in [0.15, 0.2) is 42.5 Å². The molecule has 7 heteroatoms. The number of carbonyl (C=O) groups excluding carboxylic acids is 3. The van der Waals surface area contributed by atoms with Crippen LogP contribution in [-0.4, -0.2) is 17.7 Å². The number of amides is 3. The normalized spacial score (nSPS) is 15.7. The second-order valence-corrected chi connectivity index (χ2v) is 6.75. The molecule has 2 aromatic rings. The van der Waals surface area contributed by atoms with Gasteiger partial charge in [0.2, 0.25) is 17.7 Å². The summed E-state index contributed by atoms with van der Waals surface area (Å²) in [7, 11) is 0. The van der Waals surface area contributed by atoms with Crippen LogP contribution in [0.3, 0.4) is 0 Å². The van der Waals surface area contributed by atoms with E-state index in [1.165, 1.54) is 18.2 Å². The molecule has 0 saturated heterocycles. The highest BCUT2D eigenvalue weighted by atomic mass is 19.1. The molecule has 1 aliphatic rings. The Morgan fingerprint density at radius 2 is 1.70 bits per heavy atom. The number of hydrogen-bond donors (Lipinski definition) is 3. The topological polar surface area (TPSA) is 87.3 Å². The van der Waals surface area contributed by atoms with Crippen LogP contribution >= 0.6 is 0 Å². The smallest absolute Gasteiger partial charge is 0.232 e. The van der Waals surface area contributed by atoms with Crippen LogP contribution in [0.2, 0.25) is 0 Å². The van der Waals surface area contributed by atoms with E-state index in [1.54, 1.807) is 38.1 Å². The first kappa shape index (κ1) is 18.6. The maximum Gasteiger partial charge on any atom is 0.232 e. The third-order valence-electron chi connectivity index (χ3n) is 4.32. The monoisotopic (exact) mass is 369 g/mol. The minimum atomic E-state index is -0.699. The van der Waals surface area contributed by atoms with Crippen molar-refractivity contribution in [3.63, 3.8) is 0 Å². The molecule has 0 radical (unpaired) electrons. The molecular formula is C20H20FN3O3. The first-order chi connectivity index (χ1) is 12.8. The van der Waals surface area contributed by atoms with Crippen molar-refractivity contribution < 1.29 is 18.8 Å². The third-order valence-corrected chi connectivity index (χ3v) is 4.32. The highest BCUT2D eigenvalue weighted by Gasteiger charge is 2.31. The van der Waals surface area contributed by atoms with Gasteiger partial charge in [0.15, 0.2) is 0 Å². The molecule has 0 bridgehead atoms. The molecule has 0 unspecified atom stereocenters. The molecule has 1 aliphatic heterocycles. The maximum absolute atomic E-state index is 13.4. The predicted octanol–water partition coefficient (Wildman–Crippen LogP) is 3.48. The Kier molecular flexibility index (Phi) is 5.21. The van der Waals surface area contributed by atoms with E-state index in [9.17, 15) is 18.8 Å². The van der Waals surface area contributed by atoms with E-state index < -0.39 is 11.7 Å². The van der Waals surface area contributed by atoms with Crippen LogP contribution in [0.5, 0.6) is 0 Å². The first-order valence-electron chi connectivity index (χ1n) is 8.64. The molecule has 27 heavy (non-hydrogen) atoms. The lowest BCUT2D eigenvalue weighted by molar-refractivity contribution is -0.123. The predicted molar refractivity (Wildman–Crippen MR) is 101 cm³/mol. The first-order valence-corrected chi connectivity index (χ1v) is 8.64. The van der Waals surface area contributed by atoms with E-state index in [4.69, 9.17) is 0 Å². The Morgan fingerprint density at radius 1 is 1.07 bits per heavy atom. The van der Waals surface area contributed by atoms with Crippen LogP contribution in [0, 0.1) is 11.7 Å². The van der Waals surface area contributed by atoms with Gasteiger partial charge in [-0.15, -0.1) is 0 Å². The minimum absolute atomic E-state index is 0.00695. The van der Waals surface area contributed by atoms with Gasteiger partial charge < -0.3 is 16.0 Å². The van der Waals surface area contributed by atoms with Crippen molar-refractivity contribution in [3.8, 4) is 0 Å². The summed E-state index contributed by atoms with van der Waals surface area (Å²) in [4.78, 5) is 36.2. The highest BCUT2D eigenvalue weighted by Crippen LogP contribution is 2.33. The summed E-state index contributed by atoms with van der Waals surface area (Å²) >= 11 is 0. The second-order valence-electron chi connectivity index (χ2n) is 6.75. The fourth-order valence-electron chi connectivity index (χ4n) is 2.82. The molecule has 1 heterocycles. The molecule has 3 N–H and O–H groups in total. The van der Waals surface area contributed by atoms with Crippen molar-refractivity contribution in [2.45, 2.75) is 26.2 Å². The number of fused-ring (bicyclic) bond motifs is 1. The lowest BCUT2D eigenvalue weighted by atomic mass is 9.89. The van der Waals surface area contributed by atoms with Gasteiger partial charge in [0, 0.05) is 29.4 Å². The summed E-state index contributed by atoms with van der Waals surface area (Å²) in [6.07, 6.45) is -0.00695. The number of nitrogens with one attached hydrogen (secondary N) is 3. The van der Waals surface area contributed by atoms with Gasteiger partial charge in [0.1, 0.15) is 5.82 Å². The van der Waals surface area contributed by atoms with Crippen LogP contribution < -0.4 is 16.0 Å². The molecule has 0 fully saturated rings. The maximum atomic E-state index is 13.4. The Balaban J connectivity index is 1.72. The van der Waals surface area contributed by atoms with Crippen LogP contribution in [0.25, 0.3) is 0 Å². The average Bonchev–Trinajstić information content (AvgIpc) is 2.62. The molecule has 3 amide bonds. The van der Waals surface area contributed by atoms with Crippen molar-refractivity contribution in [2.75, 3.05) is 16.0 Å². The van der Waals surface area contributed by atoms with E-state index in [-0.39, 0.29) is 30.1 Å². The van der Waals surface area contributed by atoms with Crippen LogP contribution in [0.1, 0.15) is 31.7 Å². The van der Waals surface area contributed by atoms with E-state index in [2.05, 4.69) is 16.0 Å². The number of rotatable bonds is 4. The number of hydrogen-bond acceptors (Lipinski definition) is 3. The molecule has 1 atom stereocenters. The van der Waals surface area contributed by atoms with Crippen molar-refractivity contribution in [1.29, 1.82) is 0 Å². The summed E-state index contributed by atoms with van der Waals surface area (Å²) in [5.41, 5.74) is 2.06. The number of anilines is 3. The third kappa shape index (κ3) is 4.31. The molecule has 2 aromatic carbocycles. The highest BCUT2D eigenvalue weighted by molar-refractivity contribution is 6.05. The van der Waals surface area contributed by atoms with Gasteiger partial charge in [-0.2, -0.15) is 0 Å². The molecule has 3 rings (SSSR count). The van der Waals surface area contributed by atoms with Crippen molar-refractivity contribution in [1.82, 2.24) is 0 Å². The fourth-order valence-corrected chi connectivity index (χ4v) is 2.82. The zero-order valence-corrected chi connectivity index (χ0v) is 15.0. The minimum Gasteiger partial charge on any atom is -0.326 e. The van der Waals surface area contributed by atoms with E-state index in [0.29, 0.717) is 22.6 Å². The van der Waals surface area contributed by atoms with E-state index in [1.807, 2.05) is 0 Å². The molecule has 0 saturated carbocycles. The molecule has 0 aromatic heterocycles. The second kappa shape index (κ2) is 7.57. The van der Waals surface area contributed by atoms with Gasteiger partial charge in [-0.25, -0.2) is 4.39 Å². The number of halogens is 1. The summed E-state index contributed by atoms with van der Waals surface area (Å²) < 4.78 is 13.4. The Hall–Kier alpha value is -3.22. The van der Waals surface area contributed by atoms with Crippen LogP contribution in [-0.2, 0) is 14.4 Å². The largest absolute Gasteiger partial charge is 0.326 e. The Morgan fingerprint density at radius 3 is 2.33 bits per heavy atom. The van der Waals surface area contributed by atoms with E-state index >= 15 is 0 Å². The van der Waals surface area contributed by atoms with Gasteiger partial charge in [0.05, 0.1) is 5.92 Å². The zero-order chi connectivity index (χ0) is 19.6. The Bertz CT molecular complexity index is 894. The van der Waals surface area contributed by atoms with Crippen molar-refractivity contribution in [2.24, 2.45) is 5.92 Å². The summed E-state index contributed by atoms with van der Waals surface area (Å²) in [6.45, 7) is 3.60. The molecular weight excluding hydrogens is 349 g/mol. The number of carbonyl (C=O) groups is 3. The summed E-state index contributed by atoms with van der Waals surface area (Å²) in [6, 6.07) is 10.7. The van der Waals surface area contributed by atoms with Crippen molar-refractivity contribution in [3.05, 3.63) is 53.8 Å². The van der Waals surface area contributed by atoms with Crippen LogP contribution in [0.4, 0.5) is 21.5 Å². The molecule has 0 spiro atoms. The Labute approximate surface area is 156 Å². The average molecular weight is 369 g/mol. The van der Waals surface area contributed by atoms with Gasteiger partial charge in [-0.1, -0.05) is 19.9 Å². The molecule has 6 nitrogen and oxygen atoms in total. The zero-order valence-electron chi connectivity index (χ0n) is 15.0. The standard InChI is InChI=1S/C20H20FN3O3/c1-11(2)19(26)22-13-4-6-14(7-5-13)23-20(27)16-10-18(25)24-17-9-12(21)3-8-15(16)17/h3-9,11,16H,10H2,1-2H3,(H,22,26)(H,23,27)(H,24,25)/t16-/m0/s1.